The lowest BCUT2D eigenvalue weighted by atomic mass is 9.93. The van der Waals surface area contributed by atoms with Crippen LogP contribution in [0.5, 0.6) is 0 Å². The summed E-state index contributed by atoms with van der Waals surface area (Å²) in [5, 5.41) is 7.12. The Morgan fingerprint density at radius 2 is 1.59 bits per heavy atom. The average Bonchev–Trinajstić information content (AvgIpc) is 3.55. The molecule has 3 N–H and O–H groups in total. The van der Waals surface area contributed by atoms with Gasteiger partial charge in [-0.3, -0.25) is 9.59 Å². The Balaban J connectivity index is 0.000000532. The standard InChI is InChI=1S/C23H34N4O4S.C2HF3O2/c1-16(2)21(24)23(29)26-12-6-9-19(26)22(28)27-14-11-17-10-13-25(15-20(17)27)32(30,31)18-7-4-3-5-8-18;3-2(4,5)1(6)7/h3-5,7-8,16-17,19-21H,6,9-15,24H2,1-2H3;(H,6,7)/t17?,19-,20?,21+;/m1./s1. The summed E-state index contributed by atoms with van der Waals surface area (Å²) in [5.41, 5.74) is 6.09. The Hall–Kier alpha value is -2.71. The number of piperidine rings is 1. The minimum absolute atomic E-state index is 0.00474. The third-order valence-corrected chi connectivity index (χ3v) is 9.44. The van der Waals surface area contributed by atoms with Crippen molar-refractivity contribution in [3.63, 3.8) is 0 Å². The normalized spacial score (nSPS) is 24.6. The fourth-order valence-electron chi connectivity index (χ4n) is 5.30. The van der Waals surface area contributed by atoms with Crippen molar-refractivity contribution in [1.82, 2.24) is 14.1 Å². The van der Waals surface area contributed by atoms with E-state index in [9.17, 15) is 31.2 Å². The van der Waals surface area contributed by atoms with E-state index in [1.165, 1.54) is 4.31 Å². The molecule has 0 saturated carbocycles. The van der Waals surface area contributed by atoms with Gasteiger partial charge in [-0.2, -0.15) is 17.5 Å². The number of benzene rings is 1. The number of halogens is 3. The molecule has 3 heterocycles. The number of amides is 2. The molecule has 0 aromatic heterocycles. The molecule has 1 aromatic carbocycles. The highest BCUT2D eigenvalue weighted by Gasteiger charge is 2.47. The second-order valence-electron chi connectivity index (χ2n) is 10.4. The average molecular weight is 577 g/mol. The zero-order valence-corrected chi connectivity index (χ0v) is 22.7. The number of rotatable bonds is 5. The van der Waals surface area contributed by atoms with Gasteiger partial charge in [-0.15, -0.1) is 0 Å². The molecule has 0 radical (unpaired) electrons. The van der Waals surface area contributed by atoms with Crippen LogP contribution >= 0.6 is 0 Å². The molecule has 3 aliphatic heterocycles. The number of nitrogens with two attached hydrogens (primary N) is 1. The molecule has 0 bridgehead atoms. The first-order valence-corrected chi connectivity index (χ1v) is 14.3. The molecule has 0 aliphatic carbocycles. The number of sulfonamides is 1. The smallest absolute Gasteiger partial charge is 0.475 e. The van der Waals surface area contributed by atoms with Gasteiger partial charge in [0.25, 0.3) is 0 Å². The van der Waals surface area contributed by atoms with Crippen LogP contribution in [0.1, 0.15) is 39.5 Å². The molecule has 4 atom stereocenters. The number of fused-ring (bicyclic) bond motifs is 1. The van der Waals surface area contributed by atoms with Crippen LogP contribution in [0.4, 0.5) is 13.2 Å². The van der Waals surface area contributed by atoms with E-state index >= 15 is 0 Å². The summed E-state index contributed by atoms with van der Waals surface area (Å²) in [7, 11) is -3.60. The predicted octanol–water partition coefficient (Wildman–Crippen LogP) is 1.91. The lowest BCUT2D eigenvalue weighted by molar-refractivity contribution is -0.192. The van der Waals surface area contributed by atoms with Gasteiger partial charge in [-0.1, -0.05) is 32.0 Å². The lowest BCUT2D eigenvalue weighted by Gasteiger charge is -2.39. The first-order chi connectivity index (χ1) is 18.2. The van der Waals surface area contributed by atoms with Crippen molar-refractivity contribution in [3.05, 3.63) is 30.3 Å². The van der Waals surface area contributed by atoms with Crippen molar-refractivity contribution in [2.24, 2.45) is 17.6 Å². The SMILES string of the molecule is CC(C)[C@H](N)C(=O)N1CCC[C@@H]1C(=O)N1CCC2CCN(S(=O)(=O)c3ccccc3)CC21.O=C(O)C(F)(F)F. The monoisotopic (exact) mass is 576 g/mol. The number of carbonyl (C=O) groups is 3. The zero-order valence-electron chi connectivity index (χ0n) is 21.9. The molecule has 0 spiro atoms. The molecule has 1 aromatic rings. The molecule has 10 nitrogen and oxygen atoms in total. The summed E-state index contributed by atoms with van der Waals surface area (Å²) in [6.07, 6.45) is -2.05. The van der Waals surface area contributed by atoms with Crippen molar-refractivity contribution in [1.29, 1.82) is 0 Å². The van der Waals surface area contributed by atoms with Crippen LogP contribution < -0.4 is 5.73 Å². The van der Waals surface area contributed by atoms with Crippen molar-refractivity contribution in [2.75, 3.05) is 26.2 Å². The lowest BCUT2D eigenvalue weighted by Crippen LogP contribution is -2.57. The number of likely N-dealkylation sites (tertiary alicyclic amines) is 2. The third-order valence-electron chi connectivity index (χ3n) is 7.56. The number of aliphatic carboxylic acids is 1. The Morgan fingerprint density at radius 1 is 1.00 bits per heavy atom. The minimum atomic E-state index is -5.08. The van der Waals surface area contributed by atoms with Crippen LogP contribution in [-0.4, -0.2) is 95.9 Å². The molecular weight excluding hydrogens is 541 g/mol. The Kier molecular flexibility index (Phi) is 9.65. The number of alkyl halides is 3. The van der Waals surface area contributed by atoms with E-state index in [1.54, 1.807) is 35.2 Å². The summed E-state index contributed by atoms with van der Waals surface area (Å²) in [5.74, 6) is -2.68. The second kappa shape index (κ2) is 12.2. The van der Waals surface area contributed by atoms with Gasteiger partial charge in [0.1, 0.15) is 6.04 Å². The number of nitrogens with zero attached hydrogens (tertiary/aromatic N) is 3. The summed E-state index contributed by atoms with van der Waals surface area (Å²) >= 11 is 0. The van der Waals surface area contributed by atoms with Gasteiger partial charge in [0, 0.05) is 32.2 Å². The summed E-state index contributed by atoms with van der Waals surface area (Å²) < 4.78 is 59.5. The largest absolute Gasteiger partial charge is 0.490 e. The third kappa shape index (κ3) is 6.90. The molecule has 2 amide bonds. The Morgan fingerprint density at radius 3 is 2.15 bits per heavy atom. The molecular formula is C25H35F3N4O6S. The number of carbonyl (C=O) groups excluding carboxylic acids is 2. The summed E-state index contributed by atoms with van der Waals surface area (Å²) in [4.78, 5) is 39.1. The maximum absolute atomic E-state index is 13.6. The van der Waals surface area contributed by atoms with Crippen LogP contribution in [-0.2, 0) is 24.4 Å². The van der Waals surface area contributed by atoms with Gasteiger partial charge in [0.2, 0.25) is 21.8 Å². The molecule has 14 heteroatoms. The maximum Gasteiger partial charge on any atom is 0.490 e. The molecule has 3 saturated heterocycles. The van der Waals surface area contributed by atoms with Crippen LogP contribution in [0.2, 0.25) is 0 Å². The number of hydrogen-bond donors (Lipinski definition) is 2. The second-order valence-corrected chi connectivity index (χ2v) is 12.3. The molecule has 3 aliphatic rings. The van der Waals surface area contributed by atoms with Gasteiger partial charge in [-0.05, 0) is 49.7 Å². The van der Waals surface area contributed by atoms with E-state index in [-0.39, 0.29) is 28.7 Å². The fourth-order valence-corrected chi connectivity index (χ4v) is 6.79. The van der Waals surface area contributed by atoms with Gasteiger partial charge >= 0.3 is 12.1 Å². The highest BCUT2D eigenvalue weighted by molar-refractivity contribution is 7.89. The highest BCUT2D eigenvalue weighted by atomic mass is 32.2. The number of carboxylic acid groups (broad SMARTS) is 1. The summed E-state index contributed by atoms with van der Waals surface area (Å²) in [6, 6.07) is 7.20. The van der Waals surface area contributed by atoms with Crippen molar-refractivity contribution >= 4 is 27.8 Å². The van der Waals surface area contributed by atoms with Gasteiger partial charge in [-0.25, -0.2) is 13.2 Å². The maximum atomic E-state index is 13.6. The van der Waals surface area contributed by atoms with Crippen molar-refractivity contribution in [3.8, 4) is 0 Å². The zero-order chi connectivity index (χ0) is 29.1. The topological polar surface area (TPSA) is 141 Å². The van der Waals surface area contributed by atoms with Crippen LogP contribution in [0.25, 0.3) is 0 Å². The Labute approximate surface area is 226 Å². The van der Waals surface area contributed by atoms with E-state index in [1.807, 2.05) is 18.7 Å². The first-order valence-electron chi connectivity index (χ1n) is 12.9. The van der Waals surface area contributed by atoms with Crippen molar-refractivity contribution < 1.29 is 41.1 Å². The number of hydrogen-bond acceptors (Lipinski definition) is 6. The van der Waals surface area contributed by atoms with Crippen molar-refractivity contribution in [2.45, 2.75) is 68.7 Å². The van der Waals surface area contributed by atoms with E-state index < -0.39 is 34.3 Å². The molecule has 218 valence electrons. The summed E-state index contributed by atoms with van der Waals surface area (Å²) in [6.45, 7) is 5.75. The molecule has 39 heavy (non-hydrogen) atoms. The minimum Gasteiger partial charge on any atom is -0.475 e. The van der Waals surface area contributed by atoms with E-state index in [0.717, 1.165) is 19.3 Å². The number of carboxylic acids is 1. The van der Waals surface area contributed by atoms with Gasteiger partial charge < -0.3 is 20.6 Å². The Bertz CT molecular complexity index is 1150. The van der Waals surface area contributed by atoms with Crippen LogP contribution in [0.3, 0.4) is 0 Å². The quantitative estimate of drug-likeness (QED) is 0.546. The van der Waals surface area contributed by atoms with E-state index in [4.69, 9.17) is 15.6 Å². The van der Waals surface area contributed by atoms with Gasteiger partial charge in [0.05, 0.1) is 10.9 Å². The predicted molar refractivity (Wildman–Crippen MR) is 135 cm³/mol. The van der Waals surface area contributed by atoms with E-state index in [0.29, 0.717) is 38.5 Å². The fraction of sp³-hybridized carbons (Fsp3) is 0.640. The molecule has 2 unspecified atom stereocenters. The van der Waals surface area contributed by atoms with Crippen LogP contribution in [0, 0.1) is 11.8 Å². The van der Waals surface area contributed by atoms with Crippen LogP contribution in [0.15, 0.2) is 35.2 Å². The highest BCUT2D eigenvalue weighted by Crippen LogP contribution is 2.35. The molecule has 4 rings (SSSR count). The van der Waals surface area contributed by atoms with Gasteiger partial charge in [0.15, 0.2) is 0 Å². The molecule has 3 fully saturated rings. The first kappa shape index (κ1) is 30.8. The van der Waals surface area contributed by atoms with E-state index in [2.05, 4.69) is 0 Å².